The Kier molecular flexibility index (Phi) is 5.14. The van der Waals surface area contributed by atoms with Crippen LogP contribution in [-0.4, -0.2) is 31.1 Å². The van der Waals surface area contributed by atoms with Gasteiger partial charge in [-0.25, -0.2) is 0 Å². The Balaban J connectivity index is 1.44. The largest absolute Gasteiger partial charge is 0.309 e. The lowest BCUT2D eigenvalue weighted by Crippen LogP contribution is -2.37. The van der Waals surface area contributed by atoms with Crippen molar-refractivity contribution in [2.45, 2.75) is 45.1 Å². The minimum atomic E-state index is 0.624. The third-order valence-electron chi connectivity index (χ3n) is 4.65. The van der Waals surface area contributed by atoms with Crippen LogP contribution in [0.25, 0.3) is 0 Å². The highest BCUT2D eigenvalue weighted by atomic mass is 32.1. The average molecular weight is 292 g/mol. The number of hydrogen-bond acceptors (Lipinski definition) is 3. The van der Waals surface area contributed by atoms with E-state index in [1.807, 2.05) is 11.3 Å². The van der Waals surface area contributed by atoms with Gasteiger partial charge in [-0.15, -0.1) is 11.3 Å². The molecule has 112 valence electrons. The van der Waals surface area contributed by atoms with Gasteiger partial charge in [-0.3, -0.25) is 0 Å². The number of nitrogens with zero attached hydrogens (tertiary/aromatic N) is 1. The van der Waals surface area contributed by atoms with Gasteiger partial charge in [0, 0.05) is 17.5 Å². The van der Waals surface area contributed by atoms with Gasteiger partial charge in [0.1, 0.15) is 0 Å². The van der Waals surface area contributed by atoms with Crippen molar-refractivity contribution in [1.82, 2.24) is 10.2 Å². The molecule has 2 unspecified atom stereocenters. The average Bonchev–Trinajstić information content (AvgIpc) is 3.15. The van der Waals surface area contributed by atoms with E-state index in [0.29, 0.717) is 6.04 Å². The summed E-state index contributed by atoms with van der Waals surface area (Å²) >= 11 is 1.91. The first-order valence-corrected chi connectivity index (χ1v) is 9.20. The van der Waals surface area contributed by atoms with Crippen molar-refractivity contribution in [3.8, 4) is 0 Å². The van der Waals surface area contributed by atoms with Gasteiger partial charge in [0.25, 0.3) is 0 Å². The molecule has 2 atom stereocenters. The zero-order valence-corrected chi connectivity index (χ0v) is 13.5. The molecule has 0 bridgehead atoms. The molecular weight excluding hydrogens is 264 g/mol. The molecule has 20 heavy (non-hydrogen) atoms. The van der Waals surface area contributed by atoms with E-state index >= 15 is 0 Å². The van der Waals surface area contributed by atoms with Gasteiger partial charge in [0.15, 0.2) is 0 Å². The topological polar surface area (TPSA) is 15.3 Å². The summed E-state index contributed by atoms with van der Waals surface area (Å²) < 4.78 is 0. The van der Waals surface area contributed by atoms with Crippen LogP contribution in [0.3, 0.4) is 0 Å². The zero-order valence-electron chi connectivity index (χ0n) is 12.7. The molecule has 2 aliphatic rings. The highest BCUT2D eigenvalue weighted by Crippen LogP contribution is 2.42. The highest BCUT2D eigenvalue weighted by Gasteiger charge is 2.32. The van der Waals surface area contributed by atoms with E-state index < -0.39 is 0 Å². The smallest absolute Gasteiger partial charge is 0.0443 e. The predicted molar refractivity (Wildman–Crippen MR) is 87.2 cm³/mol. The van der Waals surface area contributed by atoms with Crippen LogP contribution in [0.5, 0.6) is 0 Å². The standard InChI is InChI=1S/C17H28N2S/c1-14(13-19-9-3-2-4-10-19)12-18-17(15-7-8-15)16-6-5-11-20-16/h5-6,11,14-15,17-18H,2-4,7-10,12-13H2,1H3. The number of rotatable bonds is 7. The third-order valence-corrected chi connectivity index (χ3v) is 5.60. The number of hydrogen-bond donors (Lipinski definition) is 1. The molecule has 1 aliphatic heterocycles. The lowest BCUT2D eigenvalue weighted by atomic mass is 10.1. The van der Waals surface area contributed by atoms with Gasteiger partial charge in [-0.05, 0) is 68.6 Å². The summed E-state index contributed by atoms with van der Waals surface area (Å²) in [7, 11) is 0. The van der Waals surface area contributed by atoms with Crippen LogP contribution in [0, 0.1) is 11.8 Å². The Hall–Kier alpha value is -0.380. The second kappa shape index (κ2) is 7.06. The van der Waals surface area contributed by atoms with E-state index in [1.165, 1.54) is 56.6 Å². The fourth-order valence-corrected chi connectivity index (χ4v) is 4.27. The molecule has 1 aromatic rings. The number of piperidine rings is 1. The van der Waals surface area contributed by atoms with E-state index in [2.05, 4.69) is 34.7 Å². The number of likely N-dealkylation sites (tertiary alicyclic amines) is 1. The van der Waals surface area contributed by atoms with Crippen LogP contribution in [0.4, 0.5) is 0 Å². The van der Waals surface area contributed by atoms with Crippen LogP contribution in [-0.2, 0) is 0 Å². The molecule has 2 heterocycles. The van der Waals surface area contributed by atoms with Gasteiger partial charge in [-0.1, -0.05) is 19.4 Å². The van der Waals surface area contributed by atoms with Crippen molar-refractivity contribution in [2.75, 3.05) is 26.2 Å². The molecule has 1 saturated carbocycles. The first-order valence-electron chi connectivity index (χ1n) is 8.32. The molecule has 0 aromatic carbocycles. The van der Waals surface area contributed by atoms with E-state index in [4.69, 9.17) is 0 Å². The molecule has 0 amide bonds. The van der Waals surface area contributed by atoms with Crippen LogP contribution in [0.15, 0.2) is 17.5 Å². The Morgan fingerprint density at radius 1 is 1.30 bits per heavy atom. The number of thiophene rings is 1. The summed E-state index contributed by atoms with van der Waals surface area (Å²) in [5.41, 5.74) is 0. The molecule has 3 rings (SSSR count). The van der Waals surface area contributed by atoms with Crippen LogP contribution >= 0.6 is 11.3 Å². The normalized spacial score (nSPS) is 23.6. The number of nitrogens with one attached hydrogen (secondary N) is 1. The summed E-state index contributed by atoms with van der Waals surface area (Å²) in [5, 5.41) is 6.07. The third kappa shape index (κ3) is 4.06. The summed E-state index contributed by atoms with van der Waals surface area (Å²) in [5.74, 6) is 1.66. The fourth-order valence-electron chi connectivity index (χ4n) is 3.37. The van der Waals surface area contributed by atoms with Crippen molar-refractivity contribution in [2.24, 2.45) is 11.8 Å². The lowest BCUT2D eigenvalue weighted by molar-refractivity contribution is 0.196. The first kappa shape index (κ1) is 14.6. The molecule has 2 nitrogen and oxygen atoms in total. The van der Waals surface area contributed by atoms with Gasteiger partial charge < -0.3 is 10.2 Å². The van der Waals surface area contributed by atoms with Crippen molar-refractivity contribution < 1.29 is 0 Å². The van der Waals surface area contributed by atoms with Gasteiger partial charge in [-0.2, -0.15) is 0 Å². The Bertz CT molecular complexity index is 380. The molecule has 3 heteroatoms. The van der Waals surface area contributed by atoms with E-state index in [-0.39, 0.29) is 0 Å². The Morgan fingerprint density at radius 3 is 2.75 bits per heavy atom. The molecule has 2 fully saturated rings. The fraction of sp³-hybridized carbons (Fsp3) is 0.765. The van der Waals surface area contributed by atoms with Crippen molar-refractivity contribution in [3.05, 3.63) is 22.4 Å². The maximum absolute atomic E-state index is 3.86. The minimum absolute atomic E-state index is 0.624. The predicted octanol–water partition coefficient (Wildman–Crippen LogP) is 3.91. The quantitative estimate of drug-likeness (QED) is 0.819. The first-order chi connectivity index (χ1) is 9.83. The molecule has 1 saturated heterocycles. The lowest BCUT2D eigenvalue weighted by Gasteiger charge is -2.30. The minimum Gasteiger partial charge on any atom is -0.309 e. The van der Waals surface area contributed by atoms with Crippen LogP contribution in [0.1, 0.15) is 49.9 Å². The summed E-state index contributed by atoms with van der Waals surface area (Å²) in [6, 6.07) is 5.11. The van der Waals surface area contributed by atoms with E-state index in [9.17, 15) is 0 Å². The van der Waals surface area contributed by atoms with E-state index in [1.54, 1.807) is 0 Å². The highest BCUT2D eigenvalue weighted by molar-refractivity contribution is 7.10. The van der Waals surface area contributed by atoms with Gasteiger partial charge in [0.05, 0.1) is 0 Å². The maximum Gasteiger partial charge on any atom is 0.0443 e. The summed E-state index contributed by atoms with van der Waals surface area (Å²) in [4.78, 5) is 4.20. The molecule has 0 spiro atoms. The Labute approximate surface area is 127 Å². The zero-order chi connectivity index (χ0) is 13.8. The summed E-state index contributed by atoms with van der Waals surface area (Å²) in [6.45, 7) is 7.48. The molecule has 1 N–H and O–H groups in total. The second-order valence-corrected chi connectivity index (χ2v) is 7.68. The Morgan fingerprint density at radius 2 is 2.10 bits per heavy atom. The molecule has 0 radical (unpaired) electrons. The van der Waals surface area contributed by atoms with Gasteiger partial charge in [0.2, 0.25) is 0 Å². The molecular formula is C17H28N2S. The maximum atomic E-state index is 3.86. The van der Waals surface area contributed by atoms with Gasteiger partial charge >= 0.3 is 0 Å². The molecule has 1 aliphatic carbocycles. The SMILES string of the molecule is CC(CNC(c1cccs1)C1CC1)CN1CCCCC1. The van der Waals surface area contributed by atoms with Crippen molar-refractivity contribution in [1.29, 1.82) is 0 Å². The monoisotopic (exact) mass is 292 g/mol. The second-order valence-electron chi connectivity index (χ2n) is 6.71. The summed E-state index contributed by atoms with van der Waals surface area (Å²) in [6.07, 6.45) is 7.07. The van der Waals surface area contributed by atoms with Crippen LogP contribution < -0.4 is 5.32 Å². The van der Waals surface area contributed by atoms with Crippen LogP contribution in [0.2, 0.25) is 0 Å². The van der Waals surface area contributed by atoms with Crippen molar-refractivity contribution >= 4 is 11.3 Å². The van der Waals surface area contributed by atoms with E-state index in [0.717, 1.165) is 18.4 Å². The molecule has 1 aromatic heterocycles. The van der Waals surface area contributed by atoms with Crippen molar-refractivity contribution in [3.63, 3.8) is 0 Å².